The predicted molar refractivity (Wildman–Crippen MR) is 41.1 cm³/mol. The molecule has 1 aliphatic rings. The van der Waals surface area contributed by atoms with Crippen molar-refractivity contribution in [2.24, 2.45) is 11.7 Å². The maximum Gasteiger partial charge on any atom is 0.127 e. The summed E-state index contributed by atoms with van der Waals surface area (Å²) >= 11 is 0. The third-order valence-corrected chi connectivity index (χ3v) is 1.44. The van der Waals surface area contributed by atoms with E-state index in [2.05, 4.69) is 13.8 Å². The molecule has 0 aromatic heterocycles. The van der Waals surface area contributed by atoms with Crippen LogP contribution in [-0.4, -0.2) is 6.61 Å². The van der Waals surface area contributed by atoms with E-state index in [1.165, 1.54) is 0 Å². The molecule has 1 rings (SSSR count). The van der Waals surface area contributed by atoms with E-state index in [4.69, 9.17) is 10.5 Å². The molecule has 0 atom stereocenters. The highest BCUT2D eigenvalue weighted by atomic mass is 16.5. The lowest BCUT2D eigenvalue weighted by Gasteiger charge is -2.16. The van der Waals surface area contributed by atoms with Crippen molar-refractivity contribution in [3.63, 3.8) is 0 Å². The summed E-state index contributed by atoms with van der Waals surface area (Å²) in [6.45, 7) is 4.74. The van der Waals surface area contributed by atoms with Crippen molar-refractivity contribution in [1.82, 2.24) is 0 Å². The van der Waals surface area contributed by atoms with Gasteiger partial charge in [-0.1, -0.05) is 13.8 Å². The van der Waals surface area contributed by atoms with Crippen LogP contribution in [0.15, 0.2) is 23.6 Å². The molecule has 2 heteroatoms. The first-order valence-corrected chi connectivity index (χ1v) is 3.49. The highest BCUT2D eigenvalue weighted by Crippen LogP contribution is 2.15. The molecule has 0 unspecified atom stereocenters. The number of ether oxygens (including phenoxy) is 1. The summed E-state index contributed by atoms with van der Waals surface area (Å²) in [6.07, 6.45) is 3.84. The molecule has 56 valence electrons. The Morgan fingerprint density at radius 3 is 2.60 bits per heavy atom. The fraction of sp³-hybridized carbons (Fsp3) is 0.500. The van der Waals surface area contributed by atoms with Gasteiger partial charge in [-0.2, -0.15) is 0 Å². The van der Waals surface area contributed by atoms with Crippen LogP contribution in [0.2, 0.25) is 0 Å². The third kappa shape index (κ3) is 1.53. The first kappa shape index (κ1) is 7.19. The number of rotatable bonds is 1. The standard InChI is InChI=1S/C8H13NO/c1-6(2)8-4-3-7(9)5-10-8/h3-4,6H,5,9H2,1-2H3. The highest BCUT2D eigenvalue weighted by Gasteiger charge is 2.07. The summed E-state index contributed by atoms with van der Waals surface area (Å²) in [5, 5.41) is 0. The topological polar surface area (TPSA) is 35.2 Å². The van der Waals surface area contributed by atoms with Gasteiger partial charge in [-0.25, -0.2) is 0 Å². The molecule has 2 nitrogen and oxygen atoms in total. The quantitative estimate of drug-likeness (QED) is 0.596. The second kappa shape index (κ2) is 2.78. The number of hydrogen-bond donors (Lipinski definition) is 1. The van der Waals surface area contributed by atoms with Gasteiger partial charge in [0.25, 0.3) is 0 Å². The highest BCUT2D eigenvalue weighted by molar-refractivity contribution is 5.18. The van der Waals surface area contributed by atoms with Crippen LogP contribution in [0, 0.1) is 5.92 Å². The second-order valence-electron chi connectivity index (χ2n) is 2.75. The molecule has 0 saturated heterocycles. The van der Waals surface area contributed by atoms with E-state index in [1.807, 2.05) is 12.2 Å². The molecule has 0 fully saturated rings. The lowest BCUT2D eigenvalue weighted by molar-refractivity contribution is 0.203. The van der Waals surface area contributed by atoms with Crippen LogP contribution in [0.4, 0.5) is 0 Å². The van der Waals surface area contributed by atoms with Crippen molar-refractivity contribution in [2.75, 3.05) is 6.61 Å². The third-order valence-electron chi connectivity index (χ3n) is 1.44. The van der Waals surface area contributed by atoms with Gasteiger partial charge in [0.05, 0.1) is 5.76 Å². The number of hydrogen-bond acceptors (Lipinski definition) is 2. The minimum absolute atomic E-state index is 0.462. The van der Waals surface area contributed by atoms with Crippen LogP contribution in [0.1, 0.15) is 13.8 Å². The van der Waals surface area contributed by atoms with E-state index in [1.54, 1.807) is 0 Å². The van der Waals surface area contributed by atoms with Crippen LogP contribution < -0.4 is 5.73 Å². The second-order valence-corrected chi connectivity index (χ2v) is 2.75. The van der Waals surface area contributed by atoms with Gasteiger partial charge < -0.3 is 10.5 Å². The summed E-state index contributed by atoms with van der Waals surface area (Å²) < 4.78 is 5.32. The van der Waals surface area contributed by atoms with E-state index < -0.39 is 0 Å². The monoisotopic (exact) mass is 139 g/mol. The van der Waals surface area contributed by atoms with Crippen LogP contribution in [0.5, 0.6) is 0 Å². The van der Waals surface area contributed by atoms with Crippen LogP contribution >= 0.6 is 0 Å². The van der Waals surface area contributed by atoms with Gasteiger partial charge >= 0.3 is 0 Å². The fourth-order valence-electron chi connectivity index (χ4n) is 0.811. The Balaban J connectivity index is 2.64. The number of allylic oxidation sites excluding steroid dienone is 3. The molecular formula is C8H13NO. The molecular weight excluding hydrogens is 126 g/mol. The minimum Gasteiger partial charge on any atom is -0.491 e. The zero-order valence-electron chi connectivity index (χ0n) is 6.42. The SMILES string of the molecule is CC(C)C1=CC=C(N)CO1. The van der Waals surface area contributed by atoms with Crippen molar-refractivity contribution in [3.05, 3.63) is 23.6 Å². The van der Waals surface area contributed by atoms with Crippen molar-refractivity contribution in [3.8, 4) is 0 Å². The van der Waals surface area contributed by atoms with E-state index in [-0.39, 0.29) is 0 Å². The molecule has 0 saturated carbocycles. The largest absolute Gasteiger partial charge is 0.491 e. The van der Waals surface area contributed by atoms with Crippen LogP contribution in [-0.2, 0) is 4.74 Å². The Morgan fingerprint density at radius 1 is 1.50 bits per heavy atom. The molecule has 0 radical (unpaired) electrons. The summed E-state index contributed by atoms with van der Waals surface area (Å²) in [4.78, 5) is 0. The lowest BCUT2D eigenvalue weighted by Crippen LogP contribution is -2.12. The molecule has 0 aliphatic carbocycles. The Morgan fingerprint density at radius 2 is 2.20 bits per heavy atom. The molecule has 1 aliphatic heterocycles. The van der Waals surface area contributed by atoms with Crippen molar-refractivity contribution >= 4 is 0 Å². The van der Waals surface area contributed by atoms with E-state index in [0.717, 1.165) is 11.5 Å². The van der Waals surface area contributed by atoms with E-state index >= 15 is 0 Å². The zero-order valence-corrected chi connectivity index (χ0v) is 6.42. The molecule has 2 N–H and O–H groups in total. The van der Waals surface area contributed by atoms with Gasteiger partial charge in [0.1, 0.15) is 6.61 Å². The smallest absolute Gasteiger partial charge is 0.127 e. The van der Waals surface area contributed by atoms with Gasteiger partial charge in [-0.3, -0.25) is 0 Å². The van der Waals surface area contributed by atoms with Gasteiger partial charge in [-0.05, 0) is 12.2 Å². The Kier molecular flexibility index (Phi) is 2.00. The van der Waals surface area contributed by atoms with E-state index in [9.17, 15) is 0 Å². The van der Waals surface area contributed by atoms with Gasteiger partial charge in [0.2, 0.25) is 0 Å². The average Bonchev–Trinajstić information content (AvgIpc) is 1.88. The summed E-state index contributed by atoms with van der Waals surface area (Å²) in [6, 6.07) is 0. The molecule has 0 aromatic rings. The fourth-order valence-corrected chi connectivity index (χ4v) is 0.811. The van der Waals surface area contributed by atoms with Crippen LogP contribution in [0.25, 0.3) is 0 Å². The van der Waals surface area contributed by atoms with Gasteiger partial charge in [-0.15, -0.1) is 0 Å². The Labute approximate surface area is 61.4 Å². The summed E-state index contributed by atoms with van der Waals surface area (Å²) in [5.74, 6) is 1.48. The normalized spacial score (nSPS) is 17.9. The van der Waals surface area contributed by atoms with Gasteiger partial charge in [0.15, 0.2) is 0 Å². The maximum atomic E-state index is 5.49. The first-order valence-electron chi connectivity index (χ1n) is 3.49. The molecule has 0 aromatic carbocycles. The lowest BCUT2D eigenvalue weighted by atomic mass is 10.1. The Hall–Kier alpha value is -0.920. The molecule has 10 heavy (non-hydrogen) atoms. The molecule has 0 bridgehead atoms. The summed E-state index contributed by atoms with van der Waals surface area (Å²) in [5.41, 5.74) is 6.28. The van der Waals surface area contributed by atoms with Crippen LogP contribution in [0.3, 0.4) is 0 Å². The zero-order chi connectivity index (χ0) is 7.56. The molecule has 0 amide bonds. The first-order chi connectivity index (χ1) is 4.70. The summed E-state index contributed by atoms with van der Waals surface area (Å²) in [7, 11) is 0. The average molecular weight is 139 g/mol. The molecule has 1 heterocycles. The maximum absolute atomic E-state index is 5.49. The predicted octanol–water partition coefficient (Wildman–Crippen LogP) is 1.40. The molecule has 0 spiro atoms. The van der Waals surface area contributed by atoms with Crippen molar-refractivity contribution < 1.29 is 4.74 Å². The van der Waals surface area contributed by atoms with Crippen molar-refractivity contribution in [1.29, 1.82) is 0 Å². The van der Waals surface area contributed by atoms with Gasteiger partial charge in [0, 0.05) is 11.6 Å². The van der Waals surface area contributed by atoms with Crippen molar-refractivity contribution in [2.45, 2.75) is 13.8 Å². The minimum atomic E-state index is 0.462. The Bertz CT molecular complexity index is 180. The number of nitrogens with two attached hydrogens (primary N) is 1. The van der Waals surface area contributed by atoms with E-state index in [0.29, 0.717) is 12.5 Å².